The van der Waals surface area contributed by atoms with Crippen molar-refractivity contribution in [2.45, 2.75) is 13.3 Å². The molecular weight excluding hydrogens is 172 g/mol. The van der Waals surface area contributed by atoms with Gasteiger partial charge in [-0.15, -0.1) is 0 Å². The van der Waals surface area contributed by atoms with Gasteiger partial charge < -0.3 is 11.5 Å². The Hall–Kier alpha value is -1.92. The molecule has 1 aromatic heterocycles. The van der Waals surface area contributed by atoms with Crippen LogP contribution in [0.2, 0.25) is 0 Å². The molecule has 0 radical (unpaired) electrons. The molecule has 5 N–H and O–H groups in total. The van der Waals surface area contributed by atoms with Gasteiger partial charge in [-0.25, -0.2) is 0 Å². The first-order chi connectivity index (χ1) is 6.11. The third-order valence-corrected chi connectivity index (χ3v) is 1.24. The van der Waals surface area contributed by atoms with Crippen molar-refractivity contribution in [2.75, 3.05) is 16.8 Å². The number of aromatic nitrogens is 3. The highest BCUT2D eigenvalue weighted by atomic mass is 16.1. The van der Waals surface area contributed by atoms with E-state index in [0.29, 0.717) is 6.42 Å². The van der Waals surface area contributed by atoms with Crippen molar-refractivity contribution < 1.29 is 4.79 Å². The molecule has 1 amide bonds. The normalized spacial score (nSPS) is 9.62. The van der Waals surface area contributed by atoms with Crippen molar-refractivity contribution in [1.82, 2.24) is 15.0 Å². The smallest absolute Gasteiger partial charge is 0.236 e. The molecule has 0 aliphatic heterocycles. The van der Waals surface area contributed by atoms with Gasteiger partial charge in [0.1, 0.15) is 0 Å². The SMILES string of the molecule is CCC(=O)Nc1nc(N)nc(N)n1. The molecule has 1 aromatic rings. The minimum absolute atomic E-state index is 0.0149. The van der Waals surface area contributed by atoms with E-state index in [0.717, 1.165) is 0 Å². The van der Waals surface area contributed by atoms with Crippen LogP contribution in [0.4, 0.5) is 17.8 Å². The zero-order valence-electron chi connectivity index (χ0n) is 7.11. The Balaban J connectivity index is 2.83. The molecule has 0 saturated heterocycles. The Morgan fingerprint density at radius 1 is 1.31 bits per heavy atom. The number of nitrogens with zero attached hydrogens (tertiary/aromatic N) is 3. The minimum atomic E-state index is -0.204. The lowest BCUT2D eigenvalue weighted by molar-refractivity contribution is -0.115. The van der Waals surface area contributed by atoms with E-state index in [1.807, 2.05) is 0 Å². The van der Waals surface area contributed by atoms with Crippen LogP contribution in [-0.4, -0.2) is 20.9 Å². The van der Waals surface area contributed by atoms with Crippen molar-refractivity contribution >= 4 is 23.8 Å². The first-order valence-corrected chi connectivity index (χ1v) is 3.68. The number of nitrogens with two attached hydrogens (primary N) is 2. The molecule has 0 fully saturated rings. The van der Waals surface area contributed by atoms with Crippen LogP contribution in [0, 0.1) is 0 Å². The molecule has 0 bridgehead atoms. The number of carbonyl (C=O) groups is 1. The molecule has 7 heteroatoms. The molecule has 0 aliphatic rings. The average Bonchev–Trinajstić information content (AvgIpc) is 2.02. The summed E-state index contributed by atoms with van der Waals surface area (Å²) in [4.78, 5) is 21.8. The van der Waals surface area contributed by atoms with Crippen molar-refractivity contribution in [2.24, 2.45) is 0 Å². The molecule has 1 heterocycles. The highest BCUT2D eigenvalue weighted by Crippen LogP contribution is 2.03. The Labute approximate surface area is 74.6 Å². The molecule has 0 spiro atoms. The zero-order chi connectivity index (χ0) is 9.84. The van der Waals surface area contributed by atoms with E-state index in [9.17, 15) is 4.79 Å². The van der Waals surface area contributed by atoms with Gasteiger partial charge in [-0.3, -0.25) is 10.1 Å². The van der Waals surface area contributed by atoms with Crippen molar-refractivity contribution in [3.05, 3.63) is 0 Å². The van der Waals surface area contributed by atoms with Gasteiger partial charge in [0, 0.05) is 6.42 Å². The lowest BCUT2D eigenvalue weighted by atomic mass is 10.5. The maximum absolute atomic E-state index is 10.9. The Kier molecular flexibility index (Phi) is 2.58. The number of hydrogen-bond acceptors (Lipinski definition) is 6. The summed E-state index contributed by atoms with van der Waals surface area (Å²) in [6.07, 6.45) is 0.339. The quantitative estimate of drug-likeness (QED) is 0.560. The Morgan fingerprint density at radius 3 is 2.31 bits per heavy atom. The summed E-state index contributed by atoms with van der Waals surface area (Å²) in [7, 11) is 0. The summed E-state index contributed by atoms with van der Waals surface area (Å²) in [6.45, 7) is 1.71. The fourth-order valence-corrected chi connectivity index (χ4v) is 0.678. The summed E-state index contributed by atoms with van der Waals surface area (Å²) >= 11 is 0. The maximum Gasteiger partial charge on any atom is 0.236 e. The first kappa shape index (κ1) is 9.17. The predicted octanol–water partition coefficient (Wildman–Crippen LogP) is -0.615. The maximum atomic E-state index is 10.9. The van der Waals surface area contributed by atoms with Gasteiger partial charge in [0.05, 0.1) is 0 Å². The average molecular weight is 182 g/mol. The Bertz CT molecular complexity index is 305. The molecule has 0 aromatic carbocycles. The van der Waals surface area contributed by atoms with Crippen molar-refractivity contribution in [1.29, 1.82) is 0 Å². The number of hydrogen-bond donors (Lipinski definition) is 3. The number of amides is 1. The fraction of sp³-hybridized carbons (Fsp3) is 0.333. The van der Waals surface area contributed by atoms with Crippen LogP contribution >= 0.6 is 0 Å². The summed E-state index contributed by atoms with van der Waals surface area (Å²) in [5.74, 6) is -0.153. The van der Waals surface area contributed by atoms with Gasteiger partial charge in [0.15, 0.2) is 0 Å². The molecule has 70 valence electrons. The highest BCUT2D eigenvalue weighted by molar-refractivity contribution is 5.88. The van der Waals surface area contributed by atoms with E-state index < -0.39 is 0 Å². The molecule has 1 rings (SSSR count). The summed E-state index contributed by atoms with van der Waals surface area (Å²) < 4.78 is 0. The lowest BCUT2D eigenvalue weighted by Crippen LogP contribution is -2.14. The molecule has 13 heavy (non-hydrogen) atoms. The topological polar surface area (TPSA) is 120 Å². The first-order valence-electron chi connectivity index (χ1n) is 3.68. The zero-order valence-corrected chi connectivity index (χ0v) is 7.11. The van der Waals surface area contributed by atoms with Crippen LogP contribution in [-0.2, 0) is 4.79 Å². The third-order valence-electron chi connectivity index (χ3n) is 1.24. The molecule has 7 nitrogen and oxygen atoms in total. The second-order valence-electron chi connectivity index (χ2n) is 2.28. The molecular formula is C6H10N6O. The number of rotatable bonds is 2. The Morgan fingerprint density at radius 2 is 1.85 bits per heavy atom. The van der Waals surface area contributed by atoms with Crippen molar-refractivity contribution in [3.8, 4) is 0 Å². The molecule has 0 aliphatic carbocycles. The van der Waals surface area contributed by atoms with Gasteiger partial charge in [0.2, 0.25) is 23.8 Å². The van der Waals surface area contributed by atoms with Crippen LogP contribution in [0.1, 0.15) is 13.3 Å². The van der Waals surface area contributed by atoms with E-state index in [-0.39, 0.29) is 23.8 Å². The third kappa shape index (κ3) is 2.55. The van der Waals surface area contributed by atoms with Crippen LogP contribution in [0.15, 0.2) is 0 Å². The van der Waals surface area contributed by atoms with E-state index in [4.69, 9.17) is 11.5 Å². The highest BCUT2D eigenvalue weighted by Gasteiger charge is 2.04. The van der Waals surface area contributed by atoms with Gasteiger partial charge in [-0.1, -0.05) is 6.92 Å². The summed E-state index contributed by atoms with van der Waals surface area (Å²) in [5.41, 5.74) is 10.6. The number of carbonyl (C=O) groups excluding carboxylic acids is 1. The molecule has 0 unspecified atom stereocenters. The second-order valence-corrected chi connectivity index (χ2v) is 2.28. The monoisotopic (exact) mass is 182 g/mol. The van der Waals surface area contributed by atoms with Gasteiger partial charge in [-0.05, 0) is 0 Å². The molecule has 0 saturated carbocycles. The number of anilines is 3. The second kappa shape index (κ2) is 3.65. The van der Waals surface area contributed by atoms with Crippen LogP contribution in [0.25, 0.3) is 0 Å². The van der Waals surface area contributed by atoms with E-state index in [2.05, 4.69) is 20.3 Å². The number of nitrogen functional groups attached to an aromatic ring is 2. The van der Waals surface area contributed by atoms with Crippen LogP contribution in [0.3, 0.4) is 0 Å². The summed E-state index contributed by atoms with van der Waals surface area (Å²) in [6, 6.07) is 0. The van der Waals surface area contributed by atoms with Crippen molar-refractivity contribution in [3.63, 3.8) is 0 Å². The standard InChI is InChI=1S/C6H10N6O/c1-2-3(13)9-6-11-4(7)10-5(8)12-6/h2H2,1H3,(H5,7,8,9,10,11,12,13). The minimum Gasteiger partial charge on any atom is -0.368 e. The summed E-state index contributed by atoms with van der Waals surface area (Å²) in [5, 5.41) is 2.41. The predicted molar refractivity (Wildman–Crippen MR) is 47.6 cm³/mol. The van der Waals surface area contributed by atoms with E-state index in [1.165, 1.54) is 0 Å². The fourth-order valence-electron chi connectivity index (χ4n) is 0.678. The van der Waals surface area contributed by atoms with Crippen LogP contribution in [0.5, 0.6) is 0 Å². The number of nitrogens with one attached hydrogen (secondary N) is 1. The van der Waals surface area contributed by atoms with Gasteiger partial charge in [0.25, 0.3) is 0 Å². The lowest BCUT2D eigenvalue weighted by Gasteiger charge is -2.01. The van der Waals surface area contributed by atoms with E-state index >= 15 is 0 Å². The van der Waals surface area contributed by atoms with Gasteiger partial charge >= 0.3 is 0 Å². The van der Waals surface area contributed by atoms with E-state index in [1.54, 1.807) is 6.92 Å². The largest absolute Gasteiger partial charge is 0.368 e. The van der Waals surface area contributed by atoms with Crippen LogP contribution < -0.4 is 16.8 Å². The van der Waals surface area contributed by atoms with Gasteiger partial charge in [-0.2, -0.15) is 15.0 Å². The molecule has 0 atom stereocenters.